The molecule has 2 amide bonds. The number of rotatable bonds is 6. The fourth-order valence-corrected chi connectivity index (χ4v) is 3.79. The SMILES string of the molecule is CC(OC1CCCCCC1)C(=O)N(C)CC(=O)N1CCC(C(=O)O)CC1. The number of hydrogen-bond donors (Lipinski definition) is 1. The molecule has 1 unspecified atom stereocenters. The highest BCUT2D eigenvalue weighted by Crippen LogP contribution is 2.21. The summed E-state index contributed by atoms with van der Waals surface area (Å²) in [4.78, 5) is 39.0. The molecule has 0 spiro atoms. The first-order valence-corrected chi connectivity index (χ1v) is 9.79. The molecule has 1 aliphatic heterocycles. The zero-order valence-corrected chi connectivity index (χ0v) is 16.0. The smallest absolute Gasteiger partial charge is 0.306 e. The lowest BCUT2D eigenvalue weighted by atomic mass is 9.97. The van der Waals surface area contributed by atoms with E-state index in [-0.39, 0.29) is 30.4 Å². The predicted molar refractivity (Wildman–Crippen MR) is 96.6 cm³/mol. The van der Waals surface area contributed by atoms with Crippen LogP contribution in [0.3, 0.4) is 0 Å². The summed E-state index contributed by atoms with van der Waals surface area (Å²) >= 11 is 0. The van der Waals surface area contributed by atoms with Crippen molar-refractivity contribution < 1.29 is 24.2 Å². The van der Waals surface area contributed by atoms with E-state index in [0.717, 1.165) is 25.7 Å². The van der Waals surface area contributed by atoms with Gasteiger partial charge >= 0.3 is 5.97 Å². The monoisotopic (exact) mass is 368 g/mol. The van der Waals surface area contributed by atoms with E-state index < -0.39 is 12.1 Å². The first kappa shape index (κ1) is 20.7. The molecule has 0 aromatic heterocycles. The van der Waals surface area contributed by atoms with Gasteiger partial charge in [-0.15, -0.1) is 0 Å². The van der Waals surface area contributed by atoms with Gasteiger partial charge in [-0.1, -0.05) is 25.7 Å². The topological polar surface area (TPSA) is 87.2 Å². The number of nitrogens with zero attached hydrogens (tertiary/aromatic N) is 2. The number of likely N-dealkylation sites (tertiary alicyclic amines) is 1. The third kappa shape index (κ3) is 5.97. The number of carbonyl (C=O) groups is 3. The highest BCUT2D eigenvalue weighted by Gasteiger charge is 2.29. The van der Waals surface area contributed by atoms with E-state index in [1.54, 1.807) is 18.9 Å². The summed E-state index contributed by atoms with van der Waals surface area (Å²) in [6, 6.07) is 0. The number of piperidine rings is 1. The average molecular weight is 368 g/mol. The van der Waals surface area contributed by atoms with Crippen LogP contribution in [0.2, 0.25) is 0 Å². The number of carboxylic acid groups (broad SMARTS) is 1. The van der Waals surface area contributed by atoms with E-state index in [2.05, 4.69) is 0 Å². The molecule has 2 aliphatic rings. The molecule has 7 nitrogen and oxygen atoms in total. The molecule has 1 atom stereocenters. The van der Waals surface area contributed by atoms with Crippen LogP contribution in [-0.4, -0.2) is 71.6 Å². The Hall–Kier alpha value is -1.63. The van der Waals surface area contributed by atoms with E-state index in [9.17, 15) is 14.4 Å². The molecule has 1 heterocycles. The van der Waals surface area contributed by atoms with Crippen molar-refractivity contribution in [2.24, 2.45) is 5.92 Å². The lowest BCUT2D eigenvalue weighted by Crippen LogP contribution is -2.47. The largest absolute Gasteiger partial charge is 0.481 e. The molecule has 0 radical (unpaired) electrons. The Labute approximate surface area is 155 Å². The number of carbonyl (C=O) groups excluding carboxylic acids is 2. The van der Waals surface area contributed by atoms with Crippen LogP contribution in [0.4, 0.5) is 0 Å². The van der Waals surface area contributed by atoms with Crippen molar-refractivity contribution in [3.05, 3.63) is 0 Å². The first-order valence-electron chi connectivity index (χ1n) is 9.79. The van der Waals surface area contributed by atoms with E-state index in [1.807, 2.05) is 0 Å². The van der Waals surface area contributed by atoms with E-state index >= 15 is 0 Å². The molecule has 1 N–H and O–H groups in total. The summed E-state index contributed by atoms with van der Waals surface area (Å²) in [5, 5.41) is 9.02. The molecule has 0 bridgehead atoms. The van der Waals surface area contributed by atoms with Gasteiger partial charge in [0, 0.05) is 20.1 Å². The predicted octanol–water partition coefficient (Wildman–Crippen LogP) is 1.90. The Kier molecular flexibility index (Phi) is 7.87. The van der Waals surface area contributed by atoms with Gasteiger partial charge in [-0.25, -0.2) is 0 Å². The van der Waals surface area contributed by atoms with Gasteiger partial charge in [0.1, 0.15) is 6.10 Å². The summed E-state index contributed by atoms with van der Waals surface area (Å²) in [7, 11) is 1.62. The van der Waals surface area contributed by atoms with Crippen molar-refractivity contribution in [3.8, 4) is 0 Å². The van der Waals surface area contributed by atoms with Gasteiger partial charge in [0.15, 0.2) is 0 Å². The lowest BCUT2D eigenvalue weighted by molar-refractivity contribution is -0.150. The molecule has 0 aromatic carbocycles. The second kappa shape index (κ2) is 9.90. The number of amides is 2. The normalized spacial score (nSPS) is 21.1. The molecular formula is C19H32N2O5. The Morgan fingerprint density at radius 1 is 1.08 bits per heavy atom. The third-order valence-electron chi connectivity index (χ3n) is 5.49. The molecule has 1 saturated carbocycles. The Balaban J connectivity index is 1.76. The van der Waals surface area contributed by atoms with E-state index in [0.29, 0.717) is 25.9 Å². The van der Waals surface area contributed by atoms with Crippen LogP contribution in [0, 0.1) is 5.92 Å². The fourth-order valence-electron chi connectivity index (χ4n) is 3.79. The minimum Gasteiger partial charge on any atom is -0.481 e. The molecule has 2 rings (SSSR count). The van der Waals surface area contributed by atoms with Crippen molar-refractivity contribution >= 4 is 17.8 Å². The zero-order chi connectivity index (χ0) is 19.1. The maximum atomic E-state index is 12.5. The Morgan fingerprint density at radius 3 is 2.19 bits per heavy atom. The van der Waals surface area contributed by atoms with Crippen LogP contribution in [0.5, 0.6) is 0 Å². The van der Waals surface area contributed by atoms with Gasteiger partial charge in [0.05, 0.1) is 18.6 Å². The summed E-state index contributed by atoms with van der Waals surface area (Å²) in [6.07, 6.45) is 7.28. The maximum absolute atomic E-state index is 12.5. The van der Waals surface area contributed by atoms with Crippen molar-refractivity contribution in [1.29, 1.82) is 0 Å². The molecule has 26 heavy (non-hydrogen) atoms. The fraction of sp³-hybridized carbons (Fsp3) is 0.842. The minimum atomic E-state index is -0.797. The highest BCUT2D eigenvalue weighted by atomic mass is 16.5. The molecule has 148 valence electrons. The summed E-state index contributed by atoms with van der Waals surface area (Å²) in [5.41, 5.74) is 0. The Morgan fingerprint density at radius 2 is 1.65 bits per heavy atom. The second-order valence-corrected chi connectivity index (χ2v) is 7.58. The second-order valence-electron chi connectivity index (χ2n) is 7.58. The van der Waals surface area contributed by atoms with Gasteiger partial charge in [-0.05, 0) is 32.6 Å². The molecule has 1 aliphatic carbocycles. The molecule has 0 aromatic rings. The Bertz CT molecular complexity index is 494. The van der Waals surface area contributed by atoms with Crippen molar-refractivity contribution in [1.82, 2.24) is 9.80 Å². The zero-order valence-electron chi connectivity index (χ0n) is 16.0. The molecule has 2 fully saturated rings. The van der Waals surface area contributed by atoms with Gasteiger partial charge in [0.2, 0.25) is 5.91 Å². The molecule has 1 saturated heterocycles. The standard InChI is InChI=1S/C19H32N2O5/c1-14(26-16-7-5-3-4-6-8-16)18(23)20(2)13-17(22)21-11-9-15(10-12-21)19(24)25/h14-16H,3-13H2,1-2H3,(H,24,25). The first-order chi connectivity index (χ1) is 12.4. The van der Waals surface area contributed by atoms with Crippen LogP contribution in [0.25, 0.3) is 0 Å². The van der Waals surface area contributed by atoms with Crippen LogP contribution < -0.4 is 0 Å². The number of carboxylic acids is 1. The van der Waals surface area contributed by atoms with Gasteiger partial charge < -0.3 is 19.6 Å². The third-order valence-corrected chi connectivity index (χ3v) is 5.49. The number of ether oxygens (including phenoxy) is 1. The molecular weight excluding hydrogens is 336 g/mol. The maximum Gasteiger partial charge on any atom is 0.306 e. The minimum absolute atomic E-state index is 0.00887. The molecule has 7 heteroatoms. The average Bonchev–Trinajstić information content (AvgIpc) is 2.89. The van der Waals surface area contributed by atoms with Crippen molar-refractivity contribution in [3.63, 3.8) is 0 Å². The van der Waals surface area contributed by atoms with Crippen LogP contribution in [-0.2, 0) is 19.1 Å². The van der Waals surface area contributed by atoms with Crippen molar-refractivity contribution in [2.75, 3.05) is 26.7 Å². The summed E-state index contributed by atoms with van der Waals surface area (Å²) in [6.45, 7) is 2.64. The lowest BCUT2D eigenvalue weighted by Gasteiger charge is -2.32. The van der Waals surface area contributed by atoms with Gasteiger partial charge in [0.25, 0.3) is 5.91 Å². The quantitative estimate of drug-likeness (QED) is 0.724. The van der Waals surface area contributed by atoms with Gasteiger partial charge in [-0.3, -0.25) is 14.4 Å². The van der Waals surface area contributed by atoms with E-state index in [4.69, 9.17) is 9.84 Å². The number of likely N-dealkylation sites (N-methyl/N-ethyl adjacent to an activating group) is 1. The number of aliphatic carboxylic acids is 1. The number of hydrogen-bond acceptors (Lipinski definition) is 4. The van der Waals surface area contributed by atoms with Crippen LogP contribution in [0.1, 0.15) is 58.3 Å². The van der Waals surface area contributed by atoms with E-state index in [1.165, 1.54) is 17.7 Å². The van der Waals surface area contributed by atoms with Crippen LogP contribution >= 0.6 is 0 Å². The summed E-state index contributed by atoms with van der Waals surface area (Å²) in [5.74, 6) is -1.48. The van der Waals surface area contributed by atoms with Gasteiger partial charge in [-0.2, -0.15) is 0 Å². The highest BCUT2D eigenvalue weighted by molar-refractivity contribution is 5.86. The van der Waals surface area contributed by atoms with Crippen molar-refractivity contribution in [2.45, 2.75) is 70.5 Å². The summed E-state index contributed by atoms with van der Waals surface area (Å²) < 4.78 is 5.94. The van der Waals surface area contributed by atoms with Crippen LogP contribution in [0.15, 0.2) is 0 Å².